The van der Waals surface area contributed by atoms with Crippen LogP contribution in [0.2, 0.25) is 0 Å². The van der Waals surface area contributed by atoms with E-state index < -0.39 is 14.9 Å². The molecule has 0 bridgehead atoms. The number of nitrogens with zero attached hydrogens (tertiary/aromatic N) is 2. The number of hydrogen-bond donors (Lipinski definition) is 2. The number of carbonyl (C=O) groups is 1. The zero-order chi connectivity index (χ0) is 22.6. The van der Waals surface area contributed by atoms with Crippen molar-refractivity contribution in [3.8, 4) is 0 Å². The molecule has 1 saturated heterocycles. The second-order valence-electron chi connectivity index (χ2n) is 7.66. The third-order valence-electron chi connectivity index (χ3n) is 5.36. The molecule has 9 nitrogen and oxygen atoms in total. The number of rotatable bonds is 5. The molecule has 3 rings (SSSR count). The van der Waals surface area contributed by atoms with Crippen LogP contribution < -0.4 is 10.0 Å². The second kappa shape index (κ2) is 9.34. The Morgan fingerprint density at radius 1 is 1.03 bits per heavy atom. The summed E-state index contributed by atoms with van der Waals surface area (Å²) in [5.41, 5.74) is 1.36. The maximum absolute atomic E-state index is 12.9. The minimum atomic E-state index is -4.07. The van der Waals surface area contributed by atoms with Gasteiger partial charge in [-0.05, 0) is 56.0 Å². The van der Waals surface area contributed by atoms with Crippen LogP contribution >= 0.6 is 0 Å². The maximum Gasteiger partial charge on any atom is 0.321 e. The van der Waals surface area contributed by atoms with Gasteiger partial charge in [0.05, 0.1) is 15.5 Å². The number of nitrogens with one attached hydrogen (secondary N) is 2. The van der Waals surface area contributed by atoms with Crippen molar-refractivity contribution in [2.24, 2.45) is 0 Å². The van der Waals surface area contributed by atoms with E-state index in [1.54, 1.807) is 36.9 Å². The van der Waals surface area contributed by atoms with Crippen LogP contribution in [0.15, 0.2) is 41.3 Å². The Labute approximate surface area is 181 Å². The Bertz CT molecular complexity index is 1090. The fourth-order valence-electron chi connectivity index (χ4n) is 3.54. The predicted molar refractivity (Wildman–Crippen MR) is 119 cm³/mol. The fraction of sp³-hybridized carbons (Fsp3) is 0.381. The molecular formula is C21H26N4O5S. The van der Waals surface area contributed by atoms with Crippen LogP contribution in [-0.4, -0.2) is 37.4 Å². The highest BCUT2D eigenvalue weighted by atomic mass is 32.2. The number of urea groups is 1. The van der Waals surface area contributed by atoms with Gasteiger partial charge in [-0.1, -0.05) is 18.9 Å². The number of nitro groups is 1. The van der Waals surface area contributed by atoms with Crippen molar-refractivity contribution in [2.75, 3.05) is 23.1 Å². The fourth-order valence-corrected chi connectivity index (χ4v) is 4.93. The van der Waals surface area contributed by atoms with Crippen molar-refractivity contribution in [3.05, 3.63) is 57.6 Å². The molecule has 0 spiro atoms. The number of aryl methyl sites for hydroxylation is 1. The molecule has 31 heavy (non-hydrogen) atoms. The molecule has 0 unspecified atom stereocenters. The first-order chi connectivity index (χ1) is 14.7. The number of hydrogen-bond acceptors (Lipinski definition) is 5. The largest absolute Gasteiger partial charge is 0.325 e. The summed E-state index contributed by atoms with van der Waals surface area (Å²) < 4.78 is 28.3. The third kappa shape index (κ3) is 5.52. The van der Waals surface area contributed by atoms with Crippen LogP contribution in [0.3, 0.4) is 0 Å². The van der Waals surface area contributed by atoms with Crippen LogP contribution in [0.5, 0.6) is 0 Å². The summed E-state index contributed by atoms with van der Waals surface area (Å²) in [5.74, 6) is 0. The van der Waals surface area contributed by atoms with Crippen molar-refractivity contribution >= 4 is 33.1 Å². The molecule has 10 heteroatoms. The molecule has 1 heterocycles. The molecule has 1 fully saturated rings. The maximum atomic E-state index is 12.9. The average Bonchev–Trinajstić information content (AvgIpc) is 2.99. The van der Waals surface area contributed by atoms with Crippen LogP contribution in [0.1, 0.15) is 36.8 Å². The van der Waals surface area contributed by atoms with Crippen molar-refractivity contribution in [1.82, 2.24) is 4.90 Å². The molecule has 0 saturated carbocycles. The minimum Gasteiger partial charge on any atom is -0.325 e. The van der Waals surface area contributed by atoms with Gasteiger partial charge in [0.15, 0.2) is 0 Å². The molecule has 0 radical (unpaired) electrons. The zero-order valence-electron chi connectivity index (χ0n) is 17.6. The normalized spacial score (nSPS) is 14.6. The number of sulfonamides is 1. The summed E-state index contributed by atoms with van der Waals surface area (Å²) in [6, 6.07) is 8.55. The zero-order valence-corrected chi connectivity index (χ0v) is 18.4. The van der Waals surface area contributed by atoms with Crippen molar-refractivity contribution in [3.63, 3.8) is 0 Å². The molecule has 0 aliphatic carbocycles. The number of benzene rings is 2. The number of likely N-dealkylation sites (tertiary alicyclic amines) is 1. The Morgan fingerprint density at radius 3 is 2.32 bits per heavy atom. The van der Waals surface area contributed by atoms with Crippen LogP contribution in [0, 0.1) is 24.0 Å². The van der Waals surface area contributed by atoms with Gasteiger partial charge in [-0.15, -0.1) is 0 Å². The van der Waals surface area contributed by atoms with E-state index in [9.17, 15) is 23.3 Å². The lowest BCUT2D eigenvalue weighted by Gasteiger charge is -2.21. The van der Waals surface area contributed by atoms with Gasteiger partial charge in [-0.3, -0.25) is 14.8 Å². The van der Waals surface area contributed by atoms with Crippen LogP contribution in [0.25, 0.3) is 0 Å². The van der Waals surface area contributed by atoms with Crippen LogP contribution in [0.4, 0.5) is 21.9 Å². The number of non-ortho nitro benzene ring substituents is 1. The topological polar surface area (TPSA) is 122 Å². The van der Waals surface area contributed by atoms with Gasteiger partial charge < -0.3 is 10.2 Å². The first-order valence-corrected chi connectivity index (χ1v) is 11.6. The molecule has 0 aromatic heterocycles. The summed E-state index contributed by atoms with van der Waals surface area (Å²) in [7, 11) is -4.07. The number of anilines is 2. The lowest BCUT2D eigenvalue weighted by Crippen LogP contribution is -2.35. The lowest BCUT2D eigenvalue weighted by molar-refractivity contribution is -0.385. The summed E-state index contributed by atoms with van der Waals surface area (Å²) >= 11 is 0. The highest BCUT2D eigenvalue weighted by Crippen LogP contribution is 2.27. The molecule has 0 atom stereocenters. The van der Waals surface area contributed by atoms with Gasteiger partial charge in [-0.2, -0.15) is 0 Å². The smallest absolute Gasteiger partial charge is 0.321 e. The Morgan fingerprint density at radius 2 is 1.68 bits per heavy atom. The molecule has 2 aromatic rings. The monoisotopic (exact) mass is 446 g/mol. The quantitative estimate of drug-likeness (QED) is 0.520. The van der Waals surface area contributed by atoms with Gasteiger partial charge in [0.2, 0.25) is 0 Å². The van der Waals surface area contributed by atoms with Gasteiger partial charge in [-0.25, -0.2) is 13.2 Å². The first-order valence-electron chi connectivity index (χ1n) is 10.1. The van der Waals surface area contributed by atoms with Crippen molar-refractivity contribution in [1.29, 1.82) is 0 Å². The number of carbonyl (C=O) groups excluding carboxylic acids is 1. The highest BCUT2D eigenvalue weighted by Gasteiger charge is 2.23. The molecule has 166 valence electrons. The van der Waals surface area contributed by atoms with Gasteiger partial charge in [0.1, 0.15) is 0 Å². The molecule has 1 aliphatic heterocycles. The molecule has 2 N–H and O–H groups in total. The van der Waals surface area contributed by atoms with E-state index in [-0.39, 0.29) is 22.3 Å². The van der Waals surface area contributed by atoms with Gasteiger partial charge >= 0.3 is 6.03 Å². The highest BCUT2D eigenvalue weighted by molar-refractivity contribution is 7.92. The molecule has 2 aromatic carbocycles. The SMILES string of the molecule is Cc1cc([N+](=O)[O-])cc(S(=O)(=O)Nc2cccc(NC(=O)N3CCCCCC3)c2)c1C. The summed E-state index contributed by atoms with van der Waals surface area (Å²) in [6.07, 6.45) is 4.15. The second-order valence-corrected chi connectivity index (χ2v) is 9.31. The first kappa shape index (κ1) is 22.5. The van der Waals surface area contributed by atoms with Crippen molar-refractivity contribution < 1.29 is 18.1 Å². The average molecular weight is 447 g/mol. The van der Waals surface area contributed by atoms with E-state index in [2.05, 4.69) is 10.0 Å². The Kier molecular flexibility index (Phi) is 6.79. The van der Waals surface area contributed by atoms with E-state index in [1.807, 2.05) is 0 Å². The van der Waals surface area contributed by atoms with E-state index >= 15 is 0 Å². The standard InChI is InChI=1S/C21H26N4O5S/c1-15-12-19(25(27)28)14-20(16(15)2)31(29,30)23-18-9-7-8-17(13-18)22-21(26)24-10-5-3-4-6-11-24/h7-9,12-14,23H,3-6,10-11H2,1-2H3,(H,22,26). The molecule has 2 amide bonds. The molecule has 1 aliphatic rings. The van der Waals surface area contributed by atoms with E-state index in [1.165, 1.54) is 12.1 Å². The van der Waals surface area contributed by atoms with Gasteiger partial charge in [0, 0.05) is 30.9 Å². The summed E-state index contributed by atoms with van der Waals surface area (Å²) in [4.78, 5) is 24.7. The minimum absolute atomic E-state index is 0.154. The number of nitro benzene ring substituents is 1. The summed E-state index contributed by atoms with van der Waals surface area (Å²) in [5, 5.41) is 14.0. The third-order valence-corrected chi connectivity index (χ3v) is 6.87. The Balaban J connectivity index is 1.80. The number of amides is 2. The predicted octanol–water partition coefficient (Wildman–Crippen LogP) is 4.42. The van der Waals surface area contributed by atoms with E-state index in [4.69, 9.17) is 0 Å². The summed E-state index contributed by atoms with van der Waals surface area (Å²) in [6.45, 7) is 4.62. The Hall–Kier alpha value is -3.14. The van der Waals surface area contributed by atoms with E-state index in [0.29, 0.717) is 29.9 Å². The van der Waals surface area contributed by atoms with E-state index in [0.717, 1.165) is 31.7 Å². The van der Waals surface area contributed by atoms with Crippen molar-refractivity contribution in [2.45, 2.75) is 44.4 Å². The van der Waals surface area contributed by atoms with Gasteiger partial charge in [0.25, 0.3) is 15.7 Å². The lowest BCUT2D eigenvalue weighted by atomic mass is 10.1. The molecular weight excluding hydrogens is 420 g/mol. The van der Waals surface area contributed by atoms with Crippen LogP contribution in [-0.2, 0) is 10.0 Å².